The molecule has 0 amide bonds. The van der Waals surface area contributed by atoms with Crippen molar-refractivity contribution in [2.24, 2.45) is 0 Å². The molecule has 2 aromatic heterocycles. The molecule has 154 valence electrons. The van der Waals surface area contributed by atoms with Crippen molar-refractivity contribution in [1.29, 1.82) is 0 Å². The lowest BCUT2D eigenvalue weighted by Crippen LogP contribution is -2.04. The standard InChI is InChI=1S/C21H16F3N3OS2/c1-12(8-17(28)13-2-7-16-18(9-13)29-11-26-16)19-10-25-20(30-19)27-15-5-3-14(4-6-15)21(22,23)24/h2-7,9-12H,8H2,1H3,(H,25,27). The highest BCUT2D eigenvalue weighted by Crippen LogP contribution is 2.33. The highest BCUT2D eigenvalue weighted by molar-refractivity contribution is 7.16. The van der Waals surface area contributed by atoms with E-state index in [0.717, 1.165) is 27.2 Å². The summed E-state index contributed by atoms with van der Waals surface area (Å²) in [6, 6.07) is 10.3. The molecule has 2 heterocycles. The molecule has 0 saturated carbocycles. The van der Waals surface area contributed by atoms with Gasteiger partial charge in [-0.2, -0.15) is 13.2 Å². The lowest BCUT2D eigenvalue weighted by Gasteiger charge is -2.09. The summed E-state index contributed by atoms with van der Waals surface area (Å²) in [4.78, 5) is 22.1. The average molecular weight is 448 g/mol. The van der Waals surface area contributed by atoms with Crippen molar-refractivity contribution in [3.8, 4) is 0 Å². The quantitative estimate of drug-likeness (QED) is 0.327. The molecule has 2 aromatic carbocycles. The Bertz CT molecular complexity index is 1180. The van der Waals surface area contributed by atoms with Gasteiger partial charge in [0.05, 0.1) is 21.3 Å². The molecule has 0 aliphatic heterocycles. The molecule has 1 atom stereocenters. The van der Waals surface area contributed by atoms with E-state index in [9.17, 15) is 18.0 Å². The van der Waals surface area contributed by atoms with Crippen LogP contribution in [-0.2, 0) is 6.18 Å². The van der Waals surface area contributed by atoms with E-state index in [1.165, 1.54) is 34.8 Å². The Kier molecular flexibility index (Phi) is 5.57. The number of benzene rings is 2. The van der Waals surface area contributed by atoms with Crippen LogP contribution in [0.15, 0.2) is 54.2 Å². The smallest absolute Gasteiger partial charge is 0.332 e. The van der Waals surface area contributed by atoms with Crippen molar-refractivity contribution in [1.82, 2.24) is 9.97 Å². The van der Waals surface area contributed by atoms with Crippen molar-refractivity contribution in [3.63, 3.8) is 0 Å². The Morgan fingerprint density at radius 1 is 1.13 bits per heavy atom. The molecule has 0 aliphatic rings. The van der Waals surface area contributed by atoms with Crippen LogP contribution in [0.3, 0.4) is 0 Å². The Balaban J connectivity index is 1.40. The number of ketones is 1. The Morgan fingerprint density at radius 2 is 1.90 bits per heavy atom. The fraction of sp³-hybridized carbons (Fsp3) is 0.190. The second-order valence-electron chi connectivity index (χ2n) is 6.83. The minimum atomic E-state index is -4.36. The number of Topliss-reactive ketones (excluding diaryl/α,β-unsaturated/α-hetero) is 1. The topological polar surface area (TPSA) is 54.9 Å². The van der Waals surface area contributed by atoms with Crippen LogP contribution in [0.4, 0.5) is 24.0 Å². The Labute approximate surface area is 178 Å². The molecule has 0 fully saturated rings. The maximum atomic E-state index is 12.7. The number of carbonyl (C=O) groups excluding carboxylic acids is 1. The molecule has 4 nitrogen and oxygen atoms in total. The molecule has 4 rings (SSSR count). The Morgan fingerprint density at radius 3 is 2.63 bits per heavy atom. The first-order valence-electron chi connectivity index (χ1n) is 9.06. The number of hydrogen-bond acceptors (Lipinski definition) is 6. The van der Waals surface area contributed by atoms with Crippen molar-refractivity contribution in [2.45, 2.75) is 25.4 Å². The maximum absolute atomic E-state index is 12.7. The molecule has 0 bridgehead atoms. The van der Waals surface area contributed by atoms with E-state index in [4.69, 9.17) is 0 Å². The number of nitrogens with one attached hydrogen (secondary N) is 1. The van der Waals surface area contributed by atoms with Crippen LogP contribution in [0.5, 0.6) is 0 Å². The van der Waals surface area contributed by atoms with Crippen molar-refractivity contribution in [2.75, 3.05) is 5.32 Å². The summed E-state index contributed by atoms with van der Waals surface area (Å²) in [5.74, 6) is 0.0127. The molecule has 30 heavy (non-hydrogen) atoms. The number of rotatable bonds is 6. The Hall–Kier alpha value is -2.78. The van der Waals surface area contributed by atoms with Crippen LogP contribution in [-0.4, -0.2) is 15.8 Å². The van der Waals surface area contributed by atoms with Crippen molar-refractivity contribution >= 4 is 49.5 Å². The fourth-order valence-corrected chi connectivity index (χ4v) is 4.57. The highest BCUT2D eigenvalue weighted by Gasteiger charge is 2.30. The van der Waals surface area contributed by atoms with E-state index in [0.29, 0.717) is 22.8 Å². The van der Waals surface area contributed by atoms with Crippen molar-refractivity contribution < 1.29 is 18.0 Å². The zero-order valence-corrected chi connectivity index (χ0v) is 17.4. The van der Waals surface area contributed by atoms with Gasteiger partial charge in [0.2, 0.25) is 0 Å². The summed E-state index contributed by atoms with van der Waals surface area (Å²) >= 11 is 2.88. The number of nitrogens with zero attached hydrogens (tertiary/aromatic N) is 2. The number of thiazole rings is 2. The summed E-state index contributed by atoms with van der Waals surface area (Å²) in [5, 5.41) is 3.57. The SMILES string of the molecule is CC(CC(=O)c1ccc2ncsc2c1)c1cnc(Nc2ccc(C(F)(F)F)cc2)s1. The van der Waals surface area contributed by atoms with Gasteiger partial charge in [-0.05, 0) is 48.4 Å². The molecule has 0 aliphatic carbocycles. The van der Waals surface area contributed by atoms with Crippen LogP contribution < -0.4 is 5.32 Å². The van der Waals surface area contributed by atoms with Gasteiger partial charge in [0, 0.05) is 28.7 Å². The van der Waals surface area contributed by atoms with E-state index in [1.54, 1.807) is 17.8 Å². The van der Waals surface area contributed by atoms with Crippen LogP contribution in [0.1, 0.15) is 40.1 Å². The molecule has 4 aromatic rings. The van der Waals surface area contributed by atoms with Crippen LogP contribution in [0, 0.1) is 0 Å². The van der Waals surface area contributed by atoms with E-state index in [2.05, 4.69) is 15.3 Å². The highest BCUT2D eigenvalue weighted by atomic mass is 32.1. The average Bonchev–Trinajstić information content (AvgIpc) is 3.36. The second-order valence-corrected chi connectivity index (χ2v) is 8.78. The van der Waals surface area contributed by atoms with Gasteiger partial charge in [-0.3, -0.25) is 4.79 Å². The van der Waals surface area contributed by atoms with Crippen LogP contribution in [0.25, 0.3) is 10.2 Å². The number of aromatic nitrogens is 2. The molecular weight excluding hydrogens is 431 g/mol. The summed E-state index contributed by atoms with van der Waals surface area (Å²) in [6.07, 6.45) is -2.33. The second kappa shape index (κ2) is 8.16. The number of halogens is 3. The van der Waals surface area contributed by atoms with Gasteiger partial charge in [0.25, 0.3) is 0 Å². The first-order valence-corrected chi connectivity index (χ1v) is 10.8. The first-order chi connectivity index (χ1) is 14.3. The zero-order valence-electron chi connectivity index (χ0n) is 15.7. The monoisotopic (exact) mass is 447 g/mol. The predicted octanol–water partition coefficient (Wildman–Crippen LogP) is 6.89. The van der Waals surface area contributed by atoms with Gasteiger partial charge >= 0.3 is 6.18 Å². The third-order valence-electron chi connectivity index (χ3n) is 4.62. The summed E-state index contributed by atoms with van der Waals surface area (Å²) < 4.78 is 39.0. The van der Waals surface area contributed by atoms with Gasteiger partial charge in [0.15, 0.2) is 10.9 Å². The van der Waals surface area contributed by atoms with Crippen molar-refractivity contribution in [3.05, 3.63) is 70.2 Å². The van der Waals surface area contributed by atoms with E-state index < -0.39 is 11.7 Å². The number of hydrogen-bond donors (Lipinski definition) is 1. The maximum Gasteiger partial charge on any atom is 0.416 e. The van der Waals surface area contributed by atoms with Crippen LogP contribution >= 0.6 is 22.7 Å². The van der Waals surface area contributed by atoms with Gasteiger partial charge in [-0.25, -0.2) is 9.97 Å². The normalized spacial score (nSPS) is 12.8. The molecule has 0 spiro atoms. The number of alkyl halides is 3. The number of anilines is 2. The third kappa shape index (κ3) is 4.52. The fourth-order valence-electron chi connectivity index (χ4n) is 2.96. The minimum absolute atomic E-state index is 0.0321. The predicted molar refractivity (Wildman–Crippen MR) is 114 cm³/mol. The van der Waals surface area contributed by atoms with Crippen LogP contribution in [0.2, 0.25) is 0 Å². The summed E-state index contributed by atoms with van der Waals surface area (Å²) in [6.45, 7) is 1.96. The van der Waals surface area contributed by atoms with Gasteiger partial charge < -0.3 is 5.32 Å². The largest absolute Gasteiger partial charge is 0.416 e. The molecule has 0 radical (unpaired) electrons. The molecule has 1 N–H and O–H groups in total. The van der Waals surface area contributed by atoms with Gasteiger partial charge in [0.1, 0.15) is 0 Å². The van der Waals surface area contributed by atoms with Gasteiger partial charge in [-0.15, -0.1) is 22.7 Å². The van der Waals surface area contributed by atoms with E-state index >= 15 is 0 Å². The minimum Gasteiger partial charge on any atom is -0.332 e. The van der Waals surface area contributed by atoms with Gasteiger partial charge in [-0.1, -0.05) is 6.92 Å². The number of carbonyl (C=O) groups is 1. The lowest BCUT2D eigenvalue weighted by molar-refractivity contribution is -0.137. The molecule has 1 unspecified atom stereocenters. The third-order valence-corrected chi connectivity index (χ3v) is 6.55. The van der Waals surface area contributed by atoms with E-state index in [-0.39, 0.29) is 11.7 Å². The molecule has 9 heteroatoms. The zero-order chi connectivity index (χ0) is 21.3. The lowest BCUT2D eigenvalue weighted by atomic mass is 9.99. The molecule has 0 saturated heterocycles. The summed E-state index contributed by atoms with van der Waals surface area (Å²) in [5.41, 5.74) is 3.11. The number of fused-ring (bicyclic) bond motifs is 1. The van der Waals surface area contributed by atoms with E-state index in [1.807, 2.05) is 19.1 Å². The summed E-state index contributed by atoms with van der Waals surface area (Å²) in [7, 11) is 0. The first kappa shape index (κ1) is 20.5. The molecular formula is C21H16F3N3OS2.